The standard InChI is InChI=1S/C15H18FNO3/c1-3-11-12-8-20-15(17(12)14(18)13(11)16)9-4-6-10(19-2)7-5-9/h4-7,11-13,15H,3,8H2,1-2H3/t11-,12-,13-,15-/m1/s1. The van der Waals surface area contributed by atoms with Gasteiger partial charge in [-0.05, 0) is 18.6 Å². The molecule has 4 atom stereocenters. The van der Waals surface area contributed by atoms with Gasteiger partial charge in [0.2, 0.25) is 0 Å². The maximum Gasteiger partial charge on any atom is 0.260 e. The molecule has 0 N–H and O–H groups in total. The van der Waals surface area contributed by atoms with Crippen molar-refractivity contribution in [1.82, 2.24) is 4.90 Å². The van der Waals surface area contributed by atoms with E-state index in [1.165, 1.54) is 0 Å². The molecule has 0 spiro atoms. The highest BCUT2D eigenvalue weighted by Crippen LogP contribution is 2.42. The number of carbonyl (C=O) groups excluding carboxylic acids is 1. The van der Waals surface area contributed by atoms with Crippen LogP contribution in [-0.4, -0.2) is 36.7 Å². The normalized spacial score (nSPS) is 32.5. The summed E-state index contributed by atoms with van der Waals surface area (Å²) in [5, 5.41) is 0. The number of alkyl halides is 1. The zero-order chi connectivity index (χ0) is 14.3. The molecule has 1 amide bonds. The van der Waals surface area contributed by atoms with Gasteiger partial charge in [0.1, 0.15) is 5.75 Å². The lowest BCUT2D eigenvalue weighted by atomic mass is 9.97. The zero-order valence-corrected chi connectivity index (χ0v) is 11.6. The van der Waals surface area contributed by atoms with Gasteiger partial charge in [-0.15, -0.1) is 0 Å². The molecule has 5 heteroatoms. The van der Waals surface area contributed by atoms with E-state index in [0.29, 0.717) is 13.0 Å². The van der Waals surface area contributed by atoms with Crippen molar-refractivity contribution in [3.8, 4) is 5.75 Å². The number of methoxy groups -OCH3 is 1. The van der Waals surface area contributed by atoms with Crippen molar-refractivity contribution < 1.29 is 18.7 Å². The van der Waals surface area contributed by atoms with Crippen LogP contribution in [0, 0.1) is 5.92 Å². The van der Waals surface area contributed by atoms with Gasteiger partial charge in [0.05, 0.1) is 19.8 Å². The van der Waals surface area contributed by atoms with Crippen molar-refractivity contribution in [3.63, 3.8) is 0 Å². The maximum absolute atomic E-state index is 14.0. The molecule has 0 bridgehead atoms. The second kappa shape index (κ2) is 5.05. The van der Waals surface area contributed by atoms with Crippen molar-refractivity contribution in [2.24, 2.45) is 5.92 Å². The Hall–Kier alpha value is -1.62. The Morgan fingerprint density at radius 3 is 2.70 bits per heavy atom. The maximum atomic E-state index is 14.0. The number of carbonyl (C=O) groups is 1. The average Bonchev–Trinajstić information content (AvgIpc) is 3.00. The number of rotatable bonds is 3. The third kappa shape index (κ3) is 1.88. The van der Waals surface area contributed by atoms with Crippen LogP contribution in [0.25, 0.3) is 0 Å². The van der Waals surface area contributed by atoms with Gasteiger partial charge in [-0.3, -0.25) is 4.79 Å². The summed E-state index contributed by atoms with van der Waals surface area (Å²) < 4.78 is 24.9. The molecule has 0 saturated carbocycles. The summed E-state index contributed by atoms with van der Waals surface area (Å²) in [5.41, 5.74) is 0.852. The molecule has 1 aromatic rings. The van der Waals surface area contributed by atoms with Crippen LogP contribution in [0.1, 0.15) is 25.1 Å². The van der Waals surface area contributed by atoms with Crippen LogP contribution in [-0.2, 0) is 9.53 Å². The molecule has 0 aromatic heterocycles. The van der Waals surface area contributed by atoms with Crippen molar-refractivity contribution in [2.75, 3.05) is 13.7 Å². The summed E-state index contributed by atoms with van der Waals surface area (Å²) in [5.74, 6) is 0.0387. The molecule has 2 saturated heterocycles. The molecule has 2 heterocycles. The Balaban J connectivity index is 1.87. The first-order valence-corrected chi connectivity index (χ1v) is 6.89. The number of benzene rings is 1. The van der Waals surface area contributed by atoms with E-state index in [0.717, 1.165) is 11.3 Å². The first-order chi connectivity index (χ1) is 9.67. The summed E-state index contributed by atoms with van der Waals surface area (Å²) in [6.45, 7) is 2.32. The number of hydrogen-bond donors (Lipinski definition) is 0. The lowest BCUT2D eigenvalue weighted by Crippen LogP contribution is -2.33. The predicted molar refractivity (Wildman–Crippen MR) is 71.0 cm³/mol. The largest absolute Gasteiger partial charge is 0.497 e. The molecule has 4 nitrogen and oxygen atoms in total. The molecule has 2 fully saturated rings. The zero-order valence-electron chi connectivity index (χ0n) is 11.6. The summed E-state index contributed by atoms with van der Waals surface area (Å²) >= 11 is 0. The first-order valence-electron chi connectivity index (χ1n) is 6.89. The van der Waals surface area contributed by atoms with E-state index in [1.54, 1.807) is 12.0 Å². The topological polar surface area (TPSA) is 38.8 Å². The number of ether oxygens (including phenoxy) is 2. The summed E-state index contributed by atoms with van der Waals surface area (Å²) in [6.07, 6.45) is -1.23. The lowest BCUT2D eigenvalue weighted by molar-refractivity contribution is -0.138. The van der Waals surface area contributed by atoms with Crippen molar-refractivity contribution in [1.29, 1.82) is 0 Å². The van der Waals surface area contributed by atoms with E-state index in [9.17, 15) is 9.18 Å². The number of hydrogen-bond acceptors (Lipinski definition) is 3. The van der Waals surface area contributed by atoms with Crippen LogP contribution in [0.5, 0.6) is 5.75 Å². The highest BCUT2D eigenvalue weighted by Gasteiger charge is 2.54. The van der Waals surface area contributed by atoms with E-state index >= 15 is 0 Å². The van der Waals surface area contributed by atoms with Gasteiger partial charge >= 0.3 is 0 Å². The molecule has 2 aliphatic rings. The van der Waals surface area contributed by atoms with E-state index in [1.807, 2.05) is 31.2 Å². The Morgan fingerprint density at radius 1 is 1.40 bits per heavy atom. The summed E-state index contributed by atoms with van der Waals surface area (Å²) in [6, 6.07) is 7.19. The van der Waals surface area contributed by atoms with E-state index in [2.05, 4.69) is 0 Å². The monoisotopic (exact) mass is 279 g/mol. The molecular weight excluding hydrogens is 261 g/mol. The molecule has 108 valence electrons. The fourth-order valence-electron chi connectivity index (χ4n) is 3.16. The number of amides is 1. The van der Waals surface area contributed by atoms with Gasteiger partial charge in [0.15, 0.2) is 12.4 Å². The fraction of sp³-hybridized carbons (Fsp3) is 0.533. The number of fused-ring (bicyclic) bond motifs is 1. The van der Waals surface area contributed by atoms with Crippen LogP contribution >= 0.6 is 0 Å². The van der Waals surface area contributed by atoms with Crippen LogP contribution in [0.2, 0.25) is 0 Å². The molecule has 3 rings (SSSR count). The van der Waals surface area contributed by atoms with Crippen LogP contribution in [0.15, 0.2) is 24.3 Å². The Kier molecular flexibility index (Phi) is 3.38. The first kappa shape index (κ1) is 13.4. The van der Waals surface area contributed by atoms with Gasteiger partial charge in [0, 0.05) is 11.5 Å². The van der Waals surface area contributed by atoms with Gasteiger partial charge in [-0.2, -0.15) is 0 Å². The smallest absolute Gasteiger partial charge is 0.260 e. The van der Waals surface area contributed by atoms with Crippen LogP contribution in [0.4, 0.5) is 4.39 Å². The highest BCUT2D eigenvalue weighted by molar-refractivity contribution is 5.84. The molecule has 1 aromatic carbocycles. The molecule has 0 unspecified atom stereocenters. The van der Waals surface area contributed by atoms with Crippen molar-refractivity contribution in [3.05, 3.63) is 29.8 Å². The van der Waals surface area contributed by atoms with E-state index in [4.69, 9.17) is 9.47 Å². The molecular formula is C15H18FNO3. The summed E-state index contributed by atoms with van der Waals surface area (Å²) in [7, 11) is 1.60. The van der Waals surface area contributed by atoms with Gasteiger partial charge in [0.25, 0.3) is 5.91 Å². The van der Waals surface area contributed by atoms with E-state index < -0.39 is 18.3 Å². The van der Waals surface area contributed by atoms with Gasteiger partial charge in [-0.25, -0.2) is 4.39 Å². The van der Waals surface area contributed by atoms with E-state index in [-0.39, 0.29) is 12.0 Å². The predicted octanol–water partition coefficient (Wildman–Crippen LogP) is 2.30. The number of halogens is 1. The second-order valence-electron chi connectivity index (χ2n) is 5.25. The van der Waals surface area contributed by atoms with Crippen molar-refractivity contribution in [2.45, 2.75) is 31.8 Å². The van der Waals surface area contributed by atoms with Gasteiger partial charge in [-0.1, -0.05) is 19.1 Å². The quantitative estimate of drug-likeness (QED) is 0.852. The molecule has 0 aliphatic carbocycles. The van der Waals surface area contributed by atoms with Crippen LogP contribution in [0.3, 0.4) is 0 Å². The minimum Gasteiger partial charge on any atom is -0.497 e. The fourth-order valence-corrected chi connectivity index (χ4v) is 3.16. The van der Waals surface area contributed by atoms with Crippen LogP contribution < -0.4 is 4.74 Å². The molecule has 20 heavy (non-hydrogen) atoms. The lowest BCUT2D eigenvalue weighted by Gasteiger charge is -2.23. The second-order valence-corrected chi connectivity index (χ2v) is 5.25. The minimum absolute atomic E-state index is 0.144. The average molecular weight is 279 g/mol. The third-order valence-electron chi connectivity index (χ3n) is 4.27. The Bertz CT molecular complexity index is 504. The molecule has 2 aliphatic heterocycles. The van der Waals surface area contributed by atoms with Gasteiger partial charge < -0.3 is 14.4 Å². The molecule has 0 radical (unpaired) electrons. The third-order valence-corrected chi connectivity index (χ3v) is 4.27. The minimum atomic E-state index is -1.39. The summed E-state index contributed by atoms with van der Waals surface area (Å²) in [4.78, 5) is 13.7. The highest BCUT2D eigenvalue weighted by atomic mass is 19.1. The Morgan fingerprint density at radius 2 is 2.10 bits per heavy atom. The Labute approximate surface area is 117 Å². The SMILES string of the molecule is CC[C@@H]1[C@H]2CO[C@H](c3ccc(OC)cc3)N2C(=O)[C@@H]1F. The number of nitrogens with zero attached hydrogens (tertiary/aromatic N) is 1. The van der Waals surface area contributed by atoms with Crippen molar-refractivity contribution >= 4 is 5.91 Å².